The molecule has 0 unspecified atom stereocenters. The monoisotopic (exact) mass is 93.0 g/mol. The van der Waals surface area contributed by atoms with Crippen molar-refractivity contribution in [2.45, 2.75) is 0 Å². The Hall–Kier alpha value is -1.12. The van der Waals surface area contributed by atoms with Crippen LogP contribution in [0.4, 0.5) is 11.8 Å². The number of aromatic nitrogens is 2. The van der Waals surface area contributed by atoms with Crippen molar-refractivity contribution in [2.75, 3.05) is 5.32 Å². The smallest absolute Gasteiger partial charge is 0.230 e. The maximum Gasteiger partial charge on any atom is 0.230 e. The van der Waals surface area contributed by atoms with E-state index in [-0.39, 0.29) is 0 Å². The van der Waals surface area contributed by atoms with Crippen LogP contribution >= 0.6 is 0 Å². The summed E-state index contributed by atoms with van der Waals surface area (Å²) < 4.78 is 0. The van der Waals surface area contributed by atoms with Crippen molar-refractivity contribution in [3.63, 3.8) is 0 Å². The van der Waals surface area contributed by atoms with Gasteiger partial charge in [0.1, 0.15) is 5.82 Å². The molecule has 1 N–H and O–H groups in total. The number of nitrogens with zero attached hydrogens (tertiary/aromatic N) is 2. The lowest BCUT2D eigenvalue weighted by atomic mass is 10.5. The highest BCUT2D eigenvalue weighted by Crippen LogP contribution is 2.17. The molecular formula is C4H3N3. The number of hydrogen-bond acceptors (Lipinski definition) is 3. The molecule has 2 aliphatic heterocycles. The van der Waals surface area contributed by atoms with Crippen LogP contribution in [0.25, 0.3) is 0 Å². The molecule has 3 rings (SSSR count). The van der Waals surface area contributed by atoms with Gasteiger partial charge in [0.15, 0.2) is 0 Å². The van der Waals surface area contributed by atoms with Gasteiger partial charge in [0.2, 0.25) is 5.95 Å². The maximum absolute atomic E-state index is 3.90. The molecule has 2 aliphatic rings. The predicted octanol–water partition coefficient (Wildman–Crippen LogP) is 0.534. The van der Waals surface area contributed by atoms with Crippen molar-refractivity contribution in [1.82, 2.24) is 9.97 Å². The quantitative estimate of drug-likeness (QED) is 0.516. The van der Waals surface area contributed by atoms with E-state index in [9.17, 15) is 0 Å². The molecule has 1 aromatic rings. The van der Waals surface area contributed by atoms with E-state index in [1.165, 1.54) is 0 Å². The van der Waals surface area contributed by atoms with Crippen LogP contribution in [0, 0.1) is 0 Å². The van der Waals surface area contributed by atoms with Crippen LogP contribution in [0.5, 0.6) is 0 Å². The van der Waals surface area contributed by atoms with Gasteiger partial charge in [-0.25, -0.2) is 4.98 Å². The molecular weight excluding hydrogens is 90.1 g/mol. The molecule has 2 bridgehead atoms. The van der Waals surface area contributed by atoms with Crippen molar-refractivity contribution >= 4 is 11.8 Å². The first-order valence-electron chi connectivity index (χ1n) is 2.05. The third kappa shape index (κ3) is 0.244. The van der Waals surface area contributed by atoms with Crippen molar-refractivity contribution in [3.05, 3.63) is 12.3 Å². The summed E-state index contributed by atoms with van der Waals surface area (Å²) in [6.07, 6.45) is 1.73. The summed E-state index contributed by atoms with van der Waals surface area (Å²) in [7, 11) is 0. The number of hydrogen-bond donors (Lipinski definition) is 1. The SMILES string of the molecule is c1cc2nc(n1)N2. The van der Waals surface area contributed by atoms with Gasteiger partial charge in [-0.05, 0) is 6.07 Å². The molecule has 0 atom stereocenters. The first-order valence-corrected chi connectivity index (χ1v) is 2.05. The molecule has 3 heteroatoms. The largest absolute Gasteiger partial charge is 0.309 e. The summed E-state index contributed by atoms with van der Waals surface area (Å²) in [5.41, 5.74) is 0. The van der Waals surface area contributed by atoms with Crippen LogP contribution in [0.2, 0.25) is 0 Å². The molecule has 34 valence electrons. The minimum atomic E-state index is 0.734. The molecule has 0 aliphatic carbocycles. The molecule has 0 saturated carbocycles. The normalized spacial score (nSPS) is 12.0. The van der Waals surface area contributed by atoms with Gasteiger partial charge in [-0.15, -0.1) is 0 Å². The van der Waals surface area contributed by atoms with Gasteiger partial charge in [-0.2, -0.15) is 4.98 Å². The van der Waals surface area contributed by atoms with Gasteiger partial charge in [0.05, 0.1) is 0 Å². The zero-order valence-corrected chi connectivity index (χ0v) is 3.55. The zero-order chi connectivity index (χ0) is 4.69. The highest BCUT2D eigenvalue weighted by atomic mass is 15.2. The molecule has 0 saturated heterocycles. The summed E-state index contributed by atoms with van der Waals surface area (Å²) in [6.45, 7) is 0. The lowest BCUT2D eigenvalue weighted by molar-refractivity contribution is 1.08. The van der Waals surface area contributed by atoms with E-state index in [4.69, 9.17) is 0 Å². The topological polar surface area (TPSA) is 37.8 Å². The summed E-state index contributed by atoms with van der Waals surface area (Å²) in [5, 5.41) is 2.89. The Kier molecular flexibility index (Phi) is 0.318. The van der Waals surface area contributed by atoms with Crippen molar-refractivity contribution < 1.29 is 0 Å². The Morgan fingerprint density at radius 3 is 2.57 bits per heavy atom. The first kappa shape index (κ1) is 2.96. The average Bonchev–Trinajstić information content (AvgIpc) is 1.67. The van der Waals surface area contributed by atoms with E-state index in [2.05, 4.69) is 15.3 Å². The summed E-state index contributed by atoms with van der Waals surface area (Å²) in [4.78, 5) is 7.73. The van der Waals surface area contributed by atoms with E-state index in [1.807, 2.05) is 6.07 Å². The molecule has 0 radical (unpaired) electrons. The molecule has 3 nitrogen and oxygen atoms in total. The fraction of sp³-hybridized carbons (Fsp3) is 0. The molecule has 3 heterocycles. The average molecular weight is 93.1 g/mol. The summed E-state index contributed by atoms with van der Waals surface area (Å²) >= 11 is 0. The molecule has 0 spiro atoms. The zero-order valence-electron chi connectivity index (χ0n) is 3.55. The summed E-state index contributed by atoms with van der Waals surface area (Å²) in [6, 6.07) is 1.83. The van der Waals surface area contributed by atoms with E-state index in [0.29, 0.717) is 0 Å². The van der Waals surface area contributed by atoms with E-state index in [0.717, 1.165) is 11.8 Å². The number of nitrogens with one attached hydrogen (secondary N) is 1. The van der Waals surface area contributed by atoms with Crippen LogP contribution in [0.15, 0.2) is 12.3 Å². The van der Waals surface area contributed by atoms with Gasteiger partial charge in [0.25, 0.3) is 0 Å². The van der Waals surface area contributed by atoms with Gasteiger partial charge in [-0.1, -0.05) is 0 Å². The second-order valence-corrected chi connectivity index (χ2v) is 1.39. The molecule has 0 fully saturated rings. The second-order valence-electron chi connectivity index (χ2n) is 1.39. The third-order valence-corrected chi connectivity index (χ3v) is 0.895. The van der Waals surface area contributed by atoms with Crippen LogP contribution in [0.1, 0.15) is 0 Å². The van der Waals surface area contributed by atoms with Crippen molar-refractivity contribution in [3.8, 4) is 0 Å². The van der Waals surface area contributed by atoms with Crippen LogP contribution < -0.4 is 5.32 Å². The minimum absolute atomic E-state index is 0.734. The minimum Gasteiger partial charge on any atom is -0.309 e. The van der Waals surface area contributed by atoms with Gasteiger partial charge in [-0.3, -0.25) is 0 Å². The van der Waals surface area contributed by atoms with E-state index < -0.39 is 0 Å². The van der Waals surface area contributed by atoms with Crippen LogP contribution in [-0.2, 0) is 0 Å². The number of rotatable bonds is 0. The van der Waals surface area contributed by atoms with E-state index >= 15 is 0 Å². The van der Waals surface area contributed by atoms with Crippen LogP contribution in [0.3, 0.4) is 0 Å². The van der Waals surface area contributed by atoms with Crippen LogP contribution in [-0.4, -0.2) is 9.97 Å². The number of fused-ring (bicyclic) bond motifs is 2. The fourth-order valence-electron chi connectivity index (χ4n) is 0.550. The number of anilines is 2. The lowest BCUT2D eigenvalue weighted by Crippen LogP contribution is -2.07. The predicted molar refractivity (Wildman–Crippen MR) is 25.3 cm³/mol. The Morgan fingerprint density at radius 2 is 2.43 bits per heavy atom. The summed E-state index contributed by atoms with van der Waals surface area (Å²) in [5.74, 6) is 1.66. The van der Waals surface area contributed by atoms with Gasteiger partial charge in [0, 0.05) is 6.20 Å². The second kappa shape index (κ2) is 0.753. The first-order chi connectivity index (χ1) is 3.45. The Balaban J connectivity index is 2.78. The molecule has 0 aromatic carbocycles. The Labute approximate surface area is 40.4 Å². The maximum atomic E-state index is 3.90. The Bertz CT molecular complexity index is 171. The van der Waals surface area contributed by atoms with Crippen molar-refractivity contribution in [2.24, 2.45) is 0 Å². The standard InChI is InChI=1S/C4H3N3/c1-2-5-4-6-3(1)7-4/h1-2H,(H,5,6,7). The molecule has 7 heavy (non-hydrogen) atoms. The highest BCUT2D eigenvalue weighted by Gasteiger charge is 2.06. The fourth-order valence-corrected chi connectivity index (χ4v) is 0.550. The Morgan fingerprint density at radius 1 is 1.57 bits per heavy atom. The highest BCUT2D eigenvalue weighted by molar-refractivity contribution is 5.57. The lowest BCUT2D eigenvalue weighted by Gasteiger charge is -2.11. The van der Waals surface area contributed by atoms with E-state index in [1.54, 1.807) is 6.20 Å². The third-order valence-electron chi connectivity index (χ3n) is 0.895. The van der Waals surface area contributed by atoms with Gasteiger partial charge < -0.3 is 5.32 Å². The molecule has 0 amide bonds. The van der Waals surface area contributed by atoms with Gasteiger partial charge >= 0.3 is 0 Å². The van der Waals surface area contributed by atoms with Crippen molar-refractivity contribution in [1.29, 1.82) is 0 Å². The molecule has 1 aromatic heterocycles.